The lowest BCUT2D eigenvalue weighted by molar-refractivity contribution is 0.649. The molecule has 6 heteroatoms. The fourth-order valence-corrected chi connectivity index (χ4v) is 7.74. The van der Waals surface area contributed by atoms with E-state index in [4.69, 9.17) is 9.97 Å². The Morgan fingerprint density at radius 2 is 0.846 bits per heavy atom. The molecule has 0 N–H and O–H groups in total. The van der Waals surface area contributed by atoms with Crippen LogP contribution in [0, 0.1) is 25.7 Å². The number of fused-ring (bicyclic) bond motifs is 5. The van der Waals surface area contributed by atoms with E-state index in [1.165, 1.54) is 21.9 Å². The Labute approximate surface area is 305 Å². The van der Waals surface area contributed by atoms with Crippen LogP contribution < -0.4 is 0 Å². The summed E-state index contributed by atoms with van der Waals surface area (Å²) in [6.07, 6.45) is 12.5. The lowest BCUT2D eigenvalue weighted by Gasteiger charge is -2.21. The number of pyridine rings is 2. The highest BCUT2D eigenvalue weighted by atomic mass is 14.8. The summed E-state index contributed by atoms with van der Waals surface area (Å²) < 4.78 is 0. The average molecular weight is 679 g/mol. The Balaban J connectivity index is 1.51. The highest BCUT2D eigenvalue weighted by molar-refractivity contribution is 6.23. The molecule has 0 aliphatic rings. The minimum absolute atomic E-state index is 0.473. The summed E-state index contributed by atoms with van der Waals surface area (Å²) >= 11 is 0. The summed E-state index contributed by atoms with van der Waals surface area (Å²) in [6.45, 7) is 13.4. The normalized spacial score (nSPS) is 11.8. The molecule has 0 radical (unpaired) electrons. The van der Waals surface area contributed by atoms with Gasteiger partial charge in [0.05, 0.1) is 11.0 Å². The molecule has 4 aromatic carbocycles. The lowest BCUT2D eigenvalue weighted by Crippen LogP contribution is -2.03. The first-order chi connectivity index (χ1) is 25.2. The van der Waals surface area contributed by atoms with Gasteiger partial charge in [0.1, 0.15) is 12.7 Å². The van der Waals surface area contributed by atoms with Gasteiger partial charge in [0.2, 0.25) is 0 Å². The Morgan fingerprint density at radius 1 is 0.462 bits per heavy atom. The number of hydrogen-bond acceptors (Lipinski definition) is 6. The number of aryl methyl sites for hydroxylation is 2. The molecular weight excluding hydrogens is 637 g/mol. The van der Waals surface area contributed by atoms with Gasteiger partial charge < -0.3 is 0 Å². The first kappa shape index (κ1) is 33.3. The predicted molar refractivity (Wildman–Crippen MR) is 214 cm³/mol. The summed E-state index contributed by atoms with van der Waals surface area (Å²) in [7, 11) is 0. The Kier molecular flexibility index (Phi) is 8.76. The van der Waals surface area contributed by atoms with E-state index in [9.17, 15) is 0 Å². The SMILES string of the molecule is Cc1cc(CC(C)C)c2c(-c3cccc(-c4cncnc4)c3)cc3c(cc(-c4cccc(-c5cncnc5)c4)c4c(CC(C)C)cc(C)nc43)c2n1. The molecule has 6 nitrogen and oxygen atoms in total. The fourth-order valence-electron chi connectivity index (χ4n) is 7.74. The van der Waals surface area contributed by atoms with Crippen LogP contribution in [0.25, 0.3) is 77.1 Å². The first-order valence-electron chi connectivity index (χ1n) is 18.1. The maximum Gasteiger partial charge on any atom is 0.115 e. The van der Waals surface area contributed by atoms with Crippen LogP contribution in [-0.2, 0) is 12.8 Å². The Bertz CT molecular complexity index is 2410. The van der Waals surface area contributed by atoms with Gasteiger partial charge in [-0.2, -0.15) is 0 Å². The van der Waals surface area contributed by atoms with Crippen molar-refractivity contribution >= 4 is 32.6 Å². The molecule has 0 saturated carbocycles. The van der Waals surface area contributed by atoms with Gasteiger partial charge in [-0.1, -0.05) is 64.1 Å². The summed E-state index contributed by atoms with van der Waals surface area (Å²) in [6, 6.07) is 26.8. The van der Waals surface area contributed by atoms with Gasteiger partial charge in [-0.05, 0) is 119 Å². The van der Waals surface area contributed by atoms with E-state index < -0.39 is 0 Å². The van der Waals surface area contributed by atoms with Crippen molar-refractivity contribution in [3.8, 4) is 44.5 Å². The van der Waals surface area contributed by atoms with Crippen LogP contribution in [0.15, 0.2) is 110 Å². The zero-order valence-electron chi connectivity index (χ0n) is 30.6. The third-order valence-corrected chi connectivity index (χ3v) is 9.77. The largest absolute Gasteiger partial charge is 0.252 e. The standard InChI is InChI=1S/C46H42N6/c1-27(2)13-35-15-29(5)51-45-41-20-40(34-12-8-10-32(18-34)38-23-49-26-50-24-38)44-36(14-28(3)4)16-30(6)52-46(44)42(41)19-39(43(35)45)33-11-7-9-31(17-33)37-21-47-25-48-22-37/h7-12,15-28H,13-14H2,1-6H3. The van der Waals surface area contributed by atoms with Crippen LogP contribution in [0.4, 0.5) is 0 Å². The van der Waals surface area contributed by atoms with Gasteiger partial charge in [0.25, 0.3) is 0 Å². The van der Waals surface area contributed by atoms with Gasteiger partial charge >= 0.3 is 0 Å². The molecule has 256 valence electrons. The first-order valence-corrected chi connectivity index (χ1v) is 18.1. The smallest absolute Gasteiger partial charge is 0.115 e. The van der Waals surface area contributed by atoms with Crippen LogP contribution in [0.2, 0.25) is 0 Å². The van der Waals surface area contributed by atoms with Gasteiger partial charge in [-0.15, -0.1) is 0 Å². The van der Waals surface area contributed by atoms with E-state index >= 15 is 0 Å². The van der Waals surface area contributed by atoms with Crippen LogP contribution in [0.1, 0.15) is 50.2 Å². The van der Waals surface area contributed by atoms with E-state index in [1.807, 2.05) is 24.8 Å². The topological polar surface area (TPSA) is 77.3 Å². The van der Waals surface area contributed by atoms with E-state index in [0.717, 1.165) is 90.5 Å². The van der Waals surface area contributed by atoms with Crippen molar-refractivity contribution in [1.29, 1.82) is 0 Å². The van der Waals surface area contributed by atoms with Gasteiger partial charge in [-0.3, -0.25) is 9.97 Å². The van der Waals surface area contributed by atoms with Crippen molar-refractivity contribution in [3.05, 3.63) is 133 Å². The second-order valence-corrected chi connectivity index (χ2v) is 14.8. The molecule has 0 aliphatic heterocycles. The van der Waals surface area contributed by atoms with E-state index in [-0.39, 0.29) is 0 Å². The summed E-state index contributed by atoms with van der Waals surface area (Å²) in [5.41, 5.74) is 15.4. The Hall–Kier alpha value is -5.88. The maximum absolute atomic E-state index is 5.37. The number of aromatic nitrogens is 6. The predicted octanol–water partition coefficient (Wildman–Crippen LogP) is 11.2. The quantitative estimate of drug-likeness (QED) is 0.149. The molecule has 0 amide bonds. The summed E-state index contributed by atoms with van der Waals surface area (Å²) in [4.78, 5) is 28.0. The van der Waals surface area contributed by atoms with E-state index in [2.05, 4.69) is 134 Å². The van der Waals surface area contributed by atoms with E-state index in [0.29, 0.717) is 11.8 Å². The molecule has 0 saturated heterocycles. The van der Waals surface area contributed by atoms with Gasteiger partial charge in [-0.25, -0.2) is 19.9 Å². The third-order valence-electron chi connectivity index (χ3n) is 9.77. The van der Waals surface area contributed by atoms with Crippen LogP contribution in [-0.4, -0.2) is 29.9 Å². The molecule has 0 fully saturated rings. The lowest BCUT2D eigenvalue weighted by atomic mass is 9.85. The molecular formula is C46H42N6. The van der Waals surface area contributed by atoms with Crippen molar-refractivity contribution in [1.82, 2.24) is 29.9 Å². The molecule has 0 unspecified atom stereocenters. The fraction of sp³-hybridized carbons (Fsp3) is 0.217. The molecule has 8 aromatic rings. The second kappa shape index (κ2) is 13.7. The Morgan fingerprint density at radius 3 is 1.23 bits per heavy atom. The monoisotopic (exact) mass is 678 g/mol. The molecule has 0 bridgehead atoms. The molecule has 8 rings (SSSR count). The van der Waals surface area contributed by atoms with Crippen molar-refractivity contribution in [2.45, 2.75) is 54.4 Å². The average Bonchev–Trinajstić information content (AvgIpc) is 3.14. The molecule has 0 aliphatic carbocycles. The highest BCUT2D eigenvalue weighted by Crippen LogP contribution is 2.44. The number of rotatable bonds is 8. The molecule has 4 aromatic heterocycles. The minimum atomic E-state index is 0.473. The number of hydrogen-bond donors (Lipinski definition) is 0. The van der Waals surface area contributed by atoms with Crippen LogP contribution in [0.5, 0.6) is 0 Å². The van der Waals surface area contributed by atoms with Gasteiger partial charge in [0, 0.05) is 68.8 Å². The van der Waals surface area contributed by atoms with Crippen molar-refractivity contribution in [2.75, 3.05) is 0 Å². The summed E-state index contributed by atoms with van der Waals surface area (Å²) in [5.74, 6) is 0.947. The van der Waals surface area contributed by atoms with Gasteiger partial charge in [0.15, 0.2) is 0 Å². The van der Waals surface area contributed by atoms with Crippen molar-refractivity contribution in [2.24, 2.45) is 11.8 Å². The highest BCUT2D eigenvalue weighted by Gasteiger charge is 2.22. The third kappa shape index (κ3) is 6.30. The number of nitrogens with zero attached hydrogens (tertiary/aromatic N) is 6. The second-order valence-electron chi connectivity index (χ2n) is 14.8. The molecule has 4 heterocycles. The maximum atomic E-state index is 5.37. The zero-order valence-corrected chi connectivity index (χ0v) is 30.6. The minimum Gasteiger partial charge on any atom is -0.252 e. The molecule has 0 spiro atoms. The summed E-state index contributed by atoms with van der Waals surface area (Å²) in [5, 5.41) is 4.63. The molecule has 52 heavy (non-hydrogen) atoms. The number of benzene rings is 4. The zero-order chi connectivity index (χ0) is 35.9. The van der Waals surface area contributed by atoms with E-state index in [1.54, 1.807) is 12.7 Å². The van der Waals surface area contributed by atoms with Crippen molar-refractivity contribution in [3.63, 3.8) is 0 Å². The molecule has 0 atom stereocenters. The van der Waals surface area contributed by atoms with Crippen molar-refractivity contribution < 1.29 is 0 Å². The van der Waals surface area contributed by atoms with Crippen LogP contribution >= 0.6 is 0 Å². The van der Waals surface area contributed by atoms with Crippen LogP contribution in [0.3, 0.4) is 0 Å².